The molecule has 0 unspecified atom stereocenters. The van der Waals surface area contributed by atoms with Crippen molar-refractivity contribution in [3.63, 3.8) is 0 Å². The van der Waals surface area contributed by atoms with Crippen molar-refractivity contribution in [1.29, 1.82) is 0 Å². The molecule has 0 amide bonds. The Morgan fingerprint density at radius 2 is 1.50 bits per heavy atom. The van der Waals surface area contributed by atoms with Crippen LogP contribution < -0.4 is 0 Å². The lowest BCUT2D eigenvalue weighted by Gasteiger charge is -2.41. The lowest BCUT2D eigenvalue weighted by Crippen LogP contribution is -2.54. The molecule has 1 aliphatic rings. The zero-order valence-corrected chi connectivity index (χ0v) is 13.7. The lowest BCUT2D eigenvalue weighted by molar-refractivity contribution is 0.0922. The molecule has 2 rings (SSSR count). The van der Waals surface area contributed by atoms with Crippen LogP contribution in [0.5, 0.6) is 0 Å². The van der Waals surface area contributed by atoms with Crippen LogP contribution in [-0.2, 0) is 10.0 Å². The van der Waals surface area contributed by atoms with E-state index in [1.165, 1.54) is 0 Å². The Hall–Kier alpha value is -0.620. The molecule has 1 heterocycles. The van der Waals surface area contributed by atoms with Gasteiger partial charge in [-0.25, -0.2) is 8.42 Å². The van der Waals surface area contributed by atoms with Crippen molar-refractivity contribution >= 4 is 21.6 Å². The summed E-state index contributed by atoms with van der Waals surface area (Å²) in [5.41, 5.74) is 0.0795. The van der Waals surface area contributed by atoms with Crippen LogP contribution in [-0.4, -0.2) is 49.3 Å². The van der Waals surface area contributed by atoms with Crippen LogP contribution in [0.15, 0.2) is 29.2 Å². The highest BCUT2D eigenvalue weighted by Crippen LogP contribution is 2.22. The Morgan fingerprint density at radius 1 is 1.00 bits per heavy atom. The second-order valence-corrected chi connectivity index (χ2v) is 8.39. The predicted molar refractivity (Wildman–Crippen MR) is 81.5 cm³/mol. The van der Waals surface area contributed by atoms with Crippen molar-refractivity contribution in [2.45, 2.75) is 31.2 Å². The van der Waals surface area contributed by atoms with E-state index >= 15 is 0 Å². The summed E-state index contributed by atoms with van der Waals surface area (Å²) in [6.07, 6.45) is 0. The van der Waals surface area contributed by atoms with Gasteiger partial charge in [0.2, 0.25) is 10.0 Å². The van der Waals surface area contributed by atoms with Gasteiger partial charge in [-0.2, -0.15) is 4.31 Å². The first-order chi connectivity index (χ1) is 9.21. The number of hydrogen-bond donors (Lipinski definition) is 0. The SMILES string of the molecule is CC(C)(C)N1CCN(S(=O)(=O)c2ccc(Cl)cc2)CC1. The molecular weight excluding hydrogens is 296 g/mol. The van der Waals surface area contributed by atoms with E-state index in [9.17, 15) is 8.42 Å². The predicted octanol–water partition coefficient (Wildman–Crippen LogP) is 2.44. The third-order valence-corrected chi connectivity index (χ3v) is 5.80. The summed E-state index contributed by atoms with van der Waals surface area (Å²) in [6, 6.07) is 6.35. The van der Waals surface area contributed by atoms with Gasteiger partial charge in [0.05, 0.1) is 4.90 Å². The van der Waals surface area contributed by atoms with Crippen LogP contribution in [0.3, 0.4) is 0 Å². The minimum absolute atomic E-state index is 0.0795. The van der Waals surface area contributed by atoms with Crippen LogP contribution in [0.4, 0.5) is 0 Å². The number of piperazine rings is 1. The fourth-order valence-corrected chi connectivity index (χ4v) is 3.90. The molecule has 4 nitrogen and oxygen atoms in total. The third kappa shape index (κ3) is 3.34. The van der Waals surface area contributed by atoms with Crippen molar-refractivity contribution in [3.05, 3.63) is 29.3 Å². The second kappa shape index (κ2) is 5.64. The van der Waals surface area contributed by atoms with Crippen LogP contribution in [0, 0.1) is 0 Å². The van der Waals surface area contributed by atoms with Crippen molar-refractivity contribution in [3.8, 4) is 0 Å². The second-order valence-electron chi connectivity index (χ2n) is 6.02. The molecule has 112 valence electrons. The number of benzene rings is 1. The Bertz CT molecular complexity index is 556. The van der Waals surface area contributed by atoms with Gasteiger partial charge in [0.15, 0.2) is 0 Å². The molecule has 0 N–H and O–H groups in total. The van der Waals surface area contributed by atoms with E-state index in [-0.39, 0.29) is 5.54 Å². The highest BCUT2D eigenvalue weighted by molar-refractivity contribution is 7.89. The summed E-state index contributed by atoms with van der Waals surface area (Å²) in [7, 11) is -3.40. The molecule has 1 fully saturated rings. The first-order valence-corrected chi connectivity index (χ1v) is 8.54. The normalized spacial score (nSPS) is 19.2. The minimum atomic E-state index is -3.40. The third-order valence-electron chi connectivity index (χ3n) is 3.64. The van der Waals surface area contributed by atoms with Gasteiger partial charge in [0.1, 0.15) is 0 Å². The summed E-state index contributed by atoms with van der Waals surface area (Å²) in [6.45, 7) is 9.03. The van der Waals surface area contributed by atoms with Crippen LogP contribution in [0.2, 0.25) is 5.02 Å². The molecule has 1 aliphatic heterocycles. The first-order valence-electron chi connectivity index (χ1n) is 6.72. The molecule has 1 saturated heterocycles. The van der Waals surface area contributed by atoms with Gasteiger partial charge in [0.25, 0.3) is 0 Å². The first kappa shape index (κ1) is 15.8. The Labute approximate surface area is 126 Å². The van der Waals surface area contributed by atoms with E-state index in [0.717, 1.165) is 13.1 Å². The summed E-state index contributed by atoms with van der Waals surface area (Å²) < 4.78 is 26.6. The van der Waals surface area contributed by atoms with Gasteiger partial charge in [0, 0.05) is 36.7 Å². The van der Waals surface area contributed by atoms with Crippen LogP contribution in [0.25, 0.3) is 0 Å². The molecule has 0 aliphatic carbocycles. The summed E-state index contributed by atoms with van der Waals surface area (Å²) in [5, 5.41) is 0.543. The van der Waals surface area contributed by atoms with Gasteiger partial charge in [-0.05, 0) is 45.0 Å². The molecule has 1 aromatic rings. The zero-order chi connectivity index (χ0) is 15.0. The smallest absolute Gasteiger partial charge is 0.243 e. The van der Waals surface area contributed by atoms with Gasteiger partial charge < -0.3 is 0 Å². The van der Waals surface area contributed by atoms with E-state index < -0.39 is 10.0 Å². The van der Waals surface area contributed by atoms with Crippen molar-refractivity contribution in [1.82, 2.24) is 9.21 Å². The summed E-state index contributed by atoms with van der Waals surface area (Å²) >= 11 is 5.80. The average molecular weight is 317 g/mol. The van der Waals surface area contributed by atoms with Crippen molar-refractivity contribution in [2.75, 3.05) is 26.2 Å². The van der Waals surface area contributed by atoms with Crippen molar-refractivity contribution in [2.24, 2.45) is 0 Å². The highest BCUT2D eigenvalue weighted by atomic mass is 35.5. The molecule has 6 heteroatoms. The maximum absolute atomic E-state index is 12.5. The molecule has 0 radical (unpaired) electrons. The molecule has 1 aromatic carbocycles. The number of sulfonamides is 1. The summed E-state index contributed by atoms with van der Waals surface area (Å²) in [4.78, 5) is 2.62. The van der Waals surface area contributed by atoms with E-state index in [2.05, 4.69) is 25.7 Å². The van der Waals surface area contributed by atoms with Gasteiger partial charge in [-0.3, -0.25) is 4.90 Å². The van der Waals surface area contributed by atoms with E-state index in [1.54, 1.807) is 28.6 Å². The number of hydrogen-bond acceptors (Lipinski definition) is 3. The molecule has 0 aromatic heterocycles. The number of halogens is 1. The Morgan fingerprint density at radius 3 is 1.95 bits per heavy atom. The molecular formula is C14H21ClN2O2S. The standard InChI is InChI=1S/C14H21ClN2O2S/c1-14(2,3)16-8-10-17(11-9-16)20(18,19)13-6-4-12(15)5-7-13/h4-7H,8-11H2,1-3H3. The highest BCUT2D eigenvalue weighted by Gasteiger charge is 2.31. The maximum Gasteiger partial charge on any atom is 0.243 e. The van der Waals surface area contributed by atoms with E-state index in [1.807, 2.05) is 0 Å². The van der Waals surface area contributed by atoms with E-state index in [0.29, 0.717) is 23.0 Å². The van der Waals surface area contributed by atoms with Crippen LogP contribution >= 0.6 is 11.6 Å². The zero-order valence-electron chi connectivity index (χ0n) is 12.1. The molecule has 0 saturated carbocycles. The Balaban J connectivity index is 2.11. The topological polar surface area (TPSA) is 40.6 Å². The number of nitrogens with zero attached hydrogens (tertiary/aromatic N) is 2. The van der Waals surface area contributed by atoms with E-state index in [4.69, 9.17) is 11.6 Å². The Kier molecular flexibility index (Phi) is 4.44. The van der Waals surface area contributed by atoms with Gasteiger partial charge in [-0.1, -0.05) is 11.6 Å². The quantitative estimate of drug-likeness (QED) is 0.841. The molecule has 0 bridgehead atoms. The van der Waals surface area contributed by atoms with Gasteiger partial charge in [-0.15, -0.1) is 0 Å². The fourth-order valence-electron chi connectivity index (χ4n) is 2.35. The van der Waals surface area contributed by atoms with Crippen LogP contribution in [0.1, 0.15) is 20.8 Å². The molecule has 20 heavy (non-hydrogen) atoms. The monoisotopic (exact) mass is 316 g/mol. The number of rotatable bonds is 2. The lowest BCUT2D eigenvalue weighted by atomic mass is 10.1. The largest absolute Gasteiger partial charge is 0.296 e. The maximum atomic E-state index is 12.5. The fraction of sp³-hybridized carbons (Fsp3) is 0.571. The van der Waals surface area contributed by atoms with Crippen molar-refractivity contribution < 1.29 is 8.42 Å². The van der Waals surface area contributed by atoms with Gasteiger partial charge >= 0.3 is 0 Å². The summed E-state index contributed by atoms with van der Waals surface area (Å²) in [5.74, 6) is 0. The molecule has 0 atom stereocenters. The molecule has 0 spiro atoms. The minimum Gasteiger partial charge on any atom is -0.296 e. The average Bonchev–Trinajstić information content (AvgIpc) is 2.38.